The zero-order chi connectivity index (χ0) is 27.3. The number of Topliss-reactive ketones (excluding diaryl/α,β-unsaturated/α-hetero) is 1. The summed E-state index contributed by atoms with van der Waals surface area (Å²) in [6, 6.07) is 17.9. The molecule has 0 spiro atoms. The molecule has 8 heteroatoms. The van der Waals surface area contributed by atoms with Crippen molar-refractivity contribution in [3.05, 3.63) is 88.5 Å². The maximum Gasteiger partial charge on any atom is 0.301 e. The maximum absolute atomic E-state index is 13.6. The third-order valence-corrected chi connectivity index (χ3v) is 8.20. The van der Waals surface area contributed by atoms with Gasteiger partial charge in [-0.25, -0.2) is 4.98 Å². The van der Waals surface area contributed by atoms with Gasteiger partial charge in [-0.2, -0.15) is 0 Å². The number of aliphatic hydroxyl groups excluding tert-OH is 1. The second kappa shape index (κ2) is 9.85. The molecule has 39 heavy (non-hydrogen) atoms. The van der Waals surface area contributed by atoms with E-state index in [-0.39, 0.29) is 17.4 Å². The van der Waals surface area contributed by atoms with Crippen LogP contribution in [0.2, 0.25) is 0 Å². The molecule has 6 rings (SSSR count). The van der Waals surface area contributed by atoms with E-state index in [2.05, 4.69) is 6.92 Å². The summed E-state index contributed by atoms with van der Waals surface area (Å²) in [5.74, 6) is -0.182. The lowest BCUT2D eigenvalue weighted by Gasteiger charge is -2.23. The predicted molar refractivity (Wildman–Crippen MR) is 152 cm³/mol. The minimum absolute atomic E-state index is 0.0438. The summed E-state index contributed by atoms with van der Waals surface area (Å²) < 4.78 is 12.3. The Labute approximate surface area is 230 Å². The Morgan fingerprint density at radius 1 is 1.10 bits per heavy atom. The molecule has 4 aromatic rings. The summed E-state index contributed by atoms with van der Waals surface area (Å²) in [4.78, 5) is 33.3. The second-order valence-electron chi connectivity index (χ2n) is 9.78. The molecule has 0 radical (unpaired) electrons. The second-order valence-corrected chi connectivity index (χ2v) is 10.8. The van der Waals surface area contributed by atoms with Crippen molar-refractivity contribution in [3.63, 3.8) is 0 Å². The fraction of sp³-hybridized carbons (Fsp3) is 0.258. The number of benzene rings is 3. The van der Waals surface area contributed by atoms with Crippen LogP contribution in [0.1, 0.15) is 49.1 Å². The number of thiazole rings is 1. The lowest BCUT2D eigenvalue weighted by Crippen LogP contribution is -2.29. The Morgan fingerprint density at radius 3 is 2.64 bits per heavy atom. The summed E-state index contributed by atoms with van der Waals surface area (Å²) in [5.41, 5.74) is 4.04. The van der Waals surface area contributed by atoms with Crippen molar-refractivity contribution in [2.24, 2.45) is 0 Å². The van der Waals surface area contributed by atoms with Crippen LogP contribution in [0.5, 0.6) is 11.5 Å². The minimum Gasteiger partial charge on any atom is -0.507 e. The highest BCUT2D eigenvalue weighted by atomic mass is 32.1. The first kappa shape index (κ1) is 25.1. The first-order valence-corrected chi connectivity index (χ1v) is 13.9. The third kappa shape index (κ3) is 4.34. The minimum atomic E-state index is -0.828. The first-order valence-electron chi connectivity index (χ1n) is 13.1. The van der Waals surface area contributed by atoms with Crippen molar-refractivity contribution in [2.45, 2.75) is 45.8 Å². The van der Waals surface area contributed by atoms with Gasteiger partial charge in [0, 0.05) is 12.0 Å². The molecule has 3 heterocycles. The zero-order valence-corrected chi connectivity index (χ0v) is 22.7. The van der Waals surface area contributed by atoms with Gasteiger partial charge in [-0.3, -0.25) is 14.5 Å². The Kier molecular flexibility index (Phi) is 6.35. The van der Waals surface area contributed by atoms with Crippen molar-refractivity contribution < 1.29 is 24.2 Å². The molecule has 1 N–H and O–H groups in total. The molecule has 1 amide bonds. The van der Waals surface area contributed by atoms with Gasteiger partial charge in [-0.05, 0) is 73.4 Å². The highest BCUT2D eigenvalue weighted by Gasteiger charge is 2.48. The van der Waals surface area contributed by atoms with Crippen molar-refractivity contribution in [1.29, 1.82) is 0 Å². The number of hydrogen-bond donors (Lipinski definition) is 1. The highest BCUT2D eigenvalue weighted by molar-refractivity contribution is 7.22. The monoisotopic (exact) mass is 540 g/mol. The van der Waals surface area contributed by atoms with Crippen molar-refractivity contribution in [1.82, 2.24) is 4.98 Å². The smallest absolute Gasteiger partial charge is 0.301 e. The van der Waals surface area contributed by atoms with E-state index in [1.54, 1.807) is 12.1 Å². The number of aliphatic hydroxyl groups is 1. The van der Waals surface area contributed by atoms with E-state index >= 15 is 0 Å². The number of anilines is 1. The van der Waals surface area contributed by atoms with E-state index in [0.29, 0.717) is 35.0 Å². The van der Waals surface area contributed by atoms with E-state index in [4.69, 9.17) is 14.5 Å². The van der Waals surface area contributed by atoms with E-state index < -0.39 is 17.7 Å². The fourth-order valence-corrected chi connectivity index (χ4v) is 6.28. The Morgan fingerprint density at radius 2 is 1.90 bits per heavy atom. The molecule has 1 saturated heterocycles. The van der Waals surface area contributed by atoms with Crippen LogP contribution in [0, 0.1) is 0 Å². The molecular formula is C31H28N2O5S. The number of hydrogen-bond acceptors (Lipinski definition) is 7. The van der Waals surface area contributed by atoms with Crippen molar-refractivity contribution >= 4 is 44.1 Å². The van der Waals surface area contributed by atoms with Gasteiger partial charge in [0.15, 0.2) is 5.13 Å². The average Bonchev–Trinajstić information content (AvgIpc) is 3.60. The molecule has 3 aromatic carbocycles. The fourth-order valence-electron chi connectivity index (χ4n) is 5.26. The van der Waals surface area contributed by atoms with Gasteiger partial charge >= 0.3 is 5.91 Å². The number of carbonyl (C=O) groups is 2. The molecule has 1 fully saturated rings. The number of aryl methyl sites for hydroxylation is 1. The quantitative estimate of drug-likeness (QED) is 0.178. The average molecular weight is 541 g/mol. The first-order chi connectivity index (χ1) is 18.9. The summed E-state index contributed by atoms with van der Waals surface area (Å²) in [6.45, 7) is 6.50. The number of aromatic nitrogens is 1. The van der Waals surface area contributed by atoms with Crippen LogP contribution in [0.3, 0.4) is 0 Å². The number of amides is 1. The van der Waals surface area contributed by atoms with E-state index in [9.17, 15) is 14.7 Å². The van der Waals surface area contributed by atoms with Gasteiger partial charge in [-0.1, -0.05) is 42.5 Å². The Hall–Kier alpha value is -4.17. The SMILES string of the molecule is CCOc1ccc2nc(N3C(=O)C(=O)/C(=C(/O)c4ccc5c(c4)CC(C)O5)C3c3ccc(CC)cc3)sc2c1. The predicted octanol–water partition coefficient (Wildman–Crippen LogP) is 6.21. The molecule has 2 aliphatic rings. The van der Waals surface area contributed by atoms with Crippen LogP contribution >= 0.6 is 11.3 Å². The Balaban J connectivity index is 1.50. The molecule has 198 valence electrons. The topological polar surface area (TPSA) is 89.0 Å². The van der Waals surface area contributed by atoms with Gasteiger partial charge in [0.2, 0.25) is 0 Å². The number of ether oxygens (including phenoxy) is 2. The van der Waals surface area contributed by atoms with Gasteiger partial charge < -0.3 is 14.6 Å². The van der Waals surface area contributed by atoms with Gasteiger partial charge in [0.05, 0.1) is 28.4 Å². The standard InChI is InChI=1S/C31H28N2O5S/c1-4-18-6-8-19(9-7-18)27-26(28(34)20-10-13-24-21(15-20)14-17(3)38-24)29(35)30(36)33(27)31-32-23-12-11-22(37-5-2)16-25(23)39-31/h6-13,15-17,27,34H,4-5,14H2,1-3H3/b28-26+. The van der Waals surface area contributed by atoms with Gasteiger partial charge in [-0.15, -0.1) is 0 Å². The normalized spacial score (nSPS) is 19.9. The number of fused-ring (bicyclic) bond motifs is 2. The van der Waals surface area contributed by atoms with E-state index in [1.807, 2.05) is 62.4 Å². The van der Waals surface area contributed by atoms with Crippen LogP contribution < -0.4 is 14.4 Å². The maximum atomic E-state index is 13.6. The lowest BCUT2D eigenvalue weighted by molar-refractivity contribution is -0.132. The zero-order valence-electron chi connectivity index (χ0n) is 21.9. The summed E-state index contributed by atoms with van der Waals surface area (Å²) in [5, 5.41) is 11.9. The van der Waals surface area contributed by atoms with Crippen LogP contribution in [0.15, 0.2) is 66.2 Å². The van der Waals surface area contributed by atoms with Crippen molar-refractivity contribution in [2.75, 3.05) is 11.5 Å². The molecule has 7 nitrogen and oxygen atoms in total. The third-order valence-electron chi connectivity index (χ3n) is 7.18. The highest BCUT2D eigenvalue weighted by Crippen LogP contribution is 2.45. The molecule has 2 atom stereocenters. The molecule has 1 aromatic heterocycles. The van der Waals surface area contributed by atoms with Crippen LogP contribution in [0.25, 0.3) is 16.0 Å². The van der Waals surface area contributed by atoms with Crippen LogP contribution in [0.4, 0.5) is 5.13 Å². The Bertz CT molecular complexity index is 1640. The van der Waals surface area contributed by atoms with Crippen molar-refractivity contribution in [3.8, 4) is 11.5 Å². The summed E-state index contributed by atoms with van der Waals surface area (Å²) in [6.07, 6.45) is 1.61. The van der Waals surface area contributed by atoms with E-state index in [1.165, 1.54) is 16.2 Å². The number of carbonyl (C=O) groups excluding carboxylic acids is 2. The number of ketones is 1. The molecule has 0 aliphatic carbocycles. The summed E-state index contributed by atoms with van der Waals surface area (Å²) >= 11 is 1.31. The lowest BCUT2D eigenvalue weighted by atomic mass is 9.94. The largest absolute Gasteiger partial charge is 0.507 e. The molecule has 2 aliphatic heterocycles. The van der Waals surface area contributed by atoms with Gasteiger partial charge in [0.25, 0.3) is 5.78 Å². The van der Waals surface area contributed by atoms with Crippen LogP contribution in [-0.4, -0.2) is 34.5 Å². The van der Waals surface area contributed by atoms with E-state index in [0.717, 1.165) is 33.6 Å². The molecule has 0 saturated carbocycles. The number of rotatable bonds is 6. The summed E-state index contributed by atoms with van der Waals surface area (Å²) in [7, 11) is 0. The molecular weight excluding hydrogens is 512 g/mol. The molecule has 0 bridgehead atoms. The number of nitrogens with zero attached hydrogens (tertiary/aromatic N) is 2. The van der Waals surface area contributed by atoms with Gasteiger partial charge in [0.1, 0.15) is 23.4 Å². The molecule has 2 unspecified atom stereocenters. The van der Waals surface area contributed by atoms with Crippen LogP contribution in [-0.2, 0) is 22.4 Å².